The summed E-state index contributed by atoms with van der Waals surface area (Å²) in [5.41, 5.74) is 2.89. The molecule has 4 heteroatoms. The van der Waals surface area contributed by atoms with Gasteiger partial charge in [0.1, 0.15) is 0 Å². The Morgan fingerprint density at radius 3 is 2.76 bits per heavy atom. The van der Waals surface area contributed by atoms with Gasteiger partial charge in [0.25, 0.3) is 0 Å². The Kier molecular flexibility index (Phi) is 4.00. The van der Waals surface area contributed by atoms with Crippen LogP contribution in [0.3, 0.4) is 0 Å². The third-order valence-corrected chi connectivity index (χ3v) is 5.17. The highest BCUT2D eigenvalue weighted by Gasteiger charge is 2.41. The van der Waals surface area contributed by atoms with Crippen LogP contribution in [0.5, 0.6) is 0 Å². The number of aryl methyl sites for hydroxylation is 1. The Labute approximate surface area is 126 Å². The number of aromatic carboxylic acids is 1. The molecule has 1 aromatic carbocycles. The third kappa shape index (κ3) is 2.83. The summed E-state index contributed by atoms with van der Waals surface area (Å²) < 4.78 is 0. The monoisotopic (exact) mass is 288 g/mol. The summed E-state index contributed by atoms with van der Waals surface area (Å²) in [6.07, 6.45) is 5.06. The molecule has 2 saturated heterocycles. The van der Waals surface area contributed by atoms with Crippen LogP contribution >= 0.6 is 0 Å². The predicted molar refractivity (Wildman–Crippen MR) is 82.6 cm³/mol. The Morgan fingerprint density at radius 1 is 1.33 bits per heavy atom. The number of carbonyl (C=O) groups is 1. The maximum absolute atomic E-state index is 11.1. The number of nitrogens with zero attached hydrogens (tertiary/aromatic N) is 1. The molecule has 0 amide bonds. The predicted octanol–water partition coefficient (Wildman–Crippen LogP) is 2.41. The van der Waals surface area contributed by atoms with Gasteiger partial charge in [0.05, 0.1) is 5.56 Å². The first-order valence-corrected chi connectivity index (χ1v) is 7.89. The number of carboxylic acid groups (broad SMARTS) is 1. The summed E-state index contributed by atoms with van der Waals surface area (Å²) in [4.78, 5) is 13.7. The van der Waals surface area contributed by atoms with Gasteiger partial charge in [0, 0.05) is 12.1 Å². The van der Waals surface area contributed by atoms with Crippen LogP contribution in [0.15, 0.2) is 18.2 Å². The maximum atomic E-state index is 11.1. The van der Waals surface area contributed by atoms with E-state index in [1.165, 1.54) is 37.8 Å². The van der Waals surface area contributed by atoms with Gasteiger partial charge in [-0.2, -0.15) is 0 Å². The van der Waals surface area contributed by atoms with Crippen LogP contribution in [0.4, 0.5) is 0 Å². The average Bonchev–Trinajstić information content (AvgIpc) is 2.82. The molecule has 0 bridgehead atoms. The molecule has 0 aliphatic carbocycles. The molecule has 4 nitrogen and oxygen atoms in total. The van der Waals surface area contributed by atoms with Gasteiger partial charge in [-0.3, -0.25) is 4.90 Å². The minimum absolute atomic E-state index is 0.380. The van der Waals surface area contributed by atoms with Crippen molar-refractivity contribution in [1.82, 2.24) is 10.2 Å². The number of hydrogen-bond donors (Lipinski definition) is 2. The summed E-state index contributed by atoms with van der Waals surface area (Å²) in [6.45, 7) is 6.23. The number of rotatable bonds is 3. The number of hydrogen-bond acceptors (Lipinski definition) is 3. The van der Waals surface area contributed by atoms with E-state index < -0.39 is 5.97 Å². The summed E-state index contributed by atoms with van der Waals surface area (Å²) in [5, 5.41) is 12.6. The molecule has 1 aromatic rings. The molecular weight excluding hydrogens is 264 g/mol. The lowest BCUT2D eigenvalue weighted by Crippen LogP contribution is -2.50. The first kappa shape index (κ1) is 14.5. The minimum Gasteiger partial charge on any atom is -0.478 e. The van der Waals surface area contributed by atoms with E-state index >= 15 is 0 Å². The fourth-order valence-electron chi connectivity index (χ4n) is 3.98. The molecule has 3 rings (SSSR count). The maximum Gasteiger partial charge on any atom is 0.335 e. The van der Waals surface area contributed by atoms with Gasteiger partial charge < -0.3 is 10.4 Å². The van der Waals surface area contributed by atoms with Crippen LogP contribution in [-0.4, -0.2) is 41.1 Å². The zero-order valence-electron chi connectivity index (χ0n) is 12.7. The summed E-state index contributed by atoms with van der Waals surface area (Å²) in [6, 6.07) is 5.76. The lowest BCUT2D eigenvalue weighted by Gasteiger charge is -2.42. The summed E-state index contributed by atoms with van der Waals surface area (Å²) in [7, 11) is 0. The van der Waals surface area contributed by atoms with E-state index in [-0.39, 0.29) is 0 Å². The first-order chi connectivity index (χ1) is 10.1. The molecule has 2 aliphatic rings. The largest absolute Gasteiger partial charge is 0.478 e. The number of likely N-dealkylation sites (tertiary alicyclic amines) is 1. The molecule has 1 spiro atoms. The number of nitrogens with one attached hydrogen (secondary N) is 1. The standard InChI is InChI=1S/C17H24N2O2/c1-13-11-14(3-4-15(13)16(20)21)12-19-10-2-5-17(19)6-8-18-9-7-17/h3-4,11,18H,2,5-10,12H2,1H3,(H,20,21). The van der Waals surface area contributed by atoms with Gasteiger partial charge >= 0.3 is 5.97 Å². The molecule has 2 aliphatic heterocycles. The number of benzene rings is 1. The van der Waals surface area contributed by atoms with Crippen LogP contribution in [0.1, 0.15) is 47.2 Å². The smallest absolute Gasteiger partial charge is 0.335 e. The van der Waals surface area contributed by atoms with E-state index in [1.807, 2.05) is 19.1 Å². The van der Waals surface area contributed by atoms with Gasteiger partial charge in [-0.05, 0) is 69.4 Å². The molecule has 2 heterocycles. The van der Waals surface area contributed by atoms with Gasteiger partial charge in [0.2, 0.25) is 0 Å². The van der Waals surface area contributed by atoms with Crippen LogP contribution in [0.2, 0.25) is 0 Å². The summed E-state index contributed by atoms with van der Waals surface area (Å²) >= 11 is 0. The normalized spacial score (nSPS) is 21.8. The van der Waals surface area contributed by atoms with Crippen LogP contribution in [0.25, 0.3) is 0 Å². The zero-order chi connectivity index (χ0) is 14.9. The van der Waals surface area contributed by atoms with Crippen molar-refractivity contribution in [3.05, 3.63) is 34.9 Å². The first-order valence-electron chi connectivity index (χ1n) is 7.89. The van der Waals surface area contributed by atoms with Crippen molar-refractivity contribution in [2.24, 2.45) is 0 Å². The number of carboxylic acids is 1. The molecule has 114 valence electrons. The molecule has 2 fully saturated rings. The molecular formula is C17H24N2O2. The fraction of sp³-hybridized carbons (Fsp3) is 0.588. The molecule has 0 atom stereocenters. The second-order valence-electron chi connectivity index (χ2n) is 6.45. The summed E-state index contributed by atoms with van der Waals surface area (Å²) in [5.74, 6) is -0.838. The van der Waals surface area contributed by atoms with E-state index in [1.54, 1.807) is 6.07 Å². The SMILES string of the molecule is Cc1cc(CN2CCCC23CCNCC3)ccc1C(=O)O. The van der Waals surface area contributed by atoms with Gasteiger partial charge in [0.15, 0.2) is 0 Å². The van der Waals surface area contributed by atoms with E-state index in [9.17, 15) is 4.79 Å². The lowest BCUT2D eigenvalue weighted by molar-refractivity contribution is 0.0695. The molecule has 0 unspecified atom stereocenters. The Morgan fingerprint density at radius 2 is 2.10 bits per heavy atom. The van der Waals surface area contributed by atoms with E-state index in [2.05, 4.69) is 10.2 Å². The highest BCUT2D eigenvalue weighted by Crippen LogP contribution is 2.37. The van der Waals surface area contributed by atoms with Crippen molar-refractivity contribution in [2.75, 3.05) is 19.6 Å². The van der Waals surface area contributed by atoms with E-state index in [4.69, 9.17) is 5.11 Å². The van der Waals surface area contributed by atoms with Gasteiger partial charge in [-0.15, -0.1) is 0 Å². The zero-order valence-corrected chi connectivity index (χ0v) is 12.7. The minimum atomic E-state index is -0.838. The van der Waals surface area contributed by atoms with Crippen molar-refractivity contribution < 1.29 is 9.90 Å². The van der Waals surface area contributed by atoms with Gasteiger partial charge in [-0.25, -0.2) is 4.79 Å². The van der Waals surface area contributed by atoms with Crippen molar-refractivity contribution in [1.29, 1.82) is 0 Å². The molecule has 2 N–H and O–H groups in total. The van der Waals surface area contributed by atoms with E-state index in [0.29, 0.717) is 11.1 Å². The second kappa shape index (κ2) is 5.78. The molecule has 0 saturated carbocycles. The van der Waals surface area contributed by atoms with Crippen molar-refractivity contribution in [3.63, 3.8) is 0 Å². The van der Waals surface area contributed by atoms with E-state index in [0.717, 1.165) is 25.2 Å². The van der Waals surface area contributed by atoms with Gasteiger partial charge in [-0.1, -0.05) is 12.1 Å². The number of piperidine rings is 1. The van der Waals surface area contributed by atoms with Crippen LogP contribution in [0, 0.1) is 6.92 Å². The van der Waals surface area contributed by atoms with Crippen molar-refractivity contribution in [3.8, 4) is 0 Å². The lowest BCUT2D eigenvalue weighted by atomic mass is 9.85. The molecule has 0 radical (unpaired) electrons. The van der Waals surface area contributed by atoms with Crippen LogP contribution < -0.4 is 5.32 Å². The molecule has 21 heavy (non-hydrogen) atoms. The Bertz CT molecular complexity index is 536. The Balaban J connectivity index is 1.76. The highest BCUT2D eigenvalue weighted by atomic mass is 16.4. The van der Waals surface area contributed by atoms with Crippen molar-refractivity contribution in [2.45, 2.75) is 44.7 Å². The average molecular weight is 288 g/mol. The highest BCUT2D eigenvalue weighted by molar-refractivity contribution is 5.89. The topological polar surface area (TPSA) is 52.6 Å². The fourth-order valence-corrected chi connectivity index (χ4v) is 3.98. The quantitative estimate of drug-likeness (QED) is 0.897. The van der Waals surface area contributed by atoms with Crippen LogP contribution in [-0.2, 0) is 6.54 Å². The van der Waals surface area contributed by atoms with Crippen molar-refractivity contribution >= 4 is 5.97 Å². The second-order valence-corrected chi connectivity index (χ2v) is 6.45. The Hall–Kier alpha value is -1.39. The molecule has 0 aromatic heterocycles. The third-order valence-electron chi connectivity index (χ3n) is 5.17.